The van der Waals surface area contributed by atoms with Crippen molar-refractivity contribution >= 4 is 5.78 Å². The fourth-order valence-corrected chi connectivity index (χ4v) is 2.33. The molecule has 0 N–H and O–H groups in total. The number of carbonyl (C=O) groups excluding carboxylic acids is 1. The molecule has 2 rings (SSSR count). The van der Waals surface area contributed by atoms with Crippen LogP contribution in [0.4, 0.5) is 0 Å². The van der Waals surface area contributed by atoms with Gasteiger partial charge in [-0.1, -0.05) is 18.2 Å². The Morgan fingerprint density at radius 1 is 1.32 bits per heavy atom. The molecule has 1 aromatic rings. The van der Waals surface area contributed by atoms with Crippen molar-refractivity contribution < 1.29 is 9.53 Å². The molecule has 100 valence electrons. The van der Waals surface area contributed by atoms with Crippen molar-refractivity contribution in [2.45, 2.75) is 12.8 Å². The predicted molar refractivity (Wildman–Crippen MR) is 76.4 cm³/mol. The first-order valence-electron chi connectivity index (χ1n) is 6.35. The molecule has 0 radical (unpaired) electrons. The van der Waals surface area contributed by atoms with Gasteiger partial charge in [-0.05, 0) is 30.2 Å². The molecule has 0 aliphatic heterocycles. The second-order valence-corrected chi connectivity index (χ2v) is 4.79. The monoisotopic (exact) mass is 257 g/mol. The molecule has 0 saturated heterocycles. The van der Waals surface area contributed by atoms with E-state index in [1.165, 1.54) is 5.57 Å². The van der Waals surface area contributed by atoms with E-state index >= 15 is 0 Å². The number of carbonyl (C=O) groups is 1. The molecule has 1 aliphatic carbocycles. The van der Waals surface area contributed by atoms with Crippen molar-refractivity contribution in [1.29, 1.82) is 0 Å². The van der Waals surface area contributed by atoms with Gasteiger partial charge in [0.2, 0.25) is 0 Å². The Labute approximate surface area is 114 Å². The number of likely N-dealkylation sites (N-methyl/N-ethyl adjacent to an activating group) is 1. The van der Waals surface area contributed by atoms with Gasteiger partial charge in [-0.15, -0.1) is 0 Å². The van der Waals surface area contributed by atoms with E-state index in [0.29, 0.717) is 17.7 Å². The van der Waals surface area contributed by atoms with Gasteiger partial charge in [0.25, 0.3) is 0 Å². The second kappa shape index (κ2) is 5.74. The van der Waals surface area contributed by atoms with E-state index < -0.39 is 0 Å². The lowest BCUT2D eigenvalue weighted by molar-refractivity contribution is 0.0989. The maximum atomic E-state index is 12.4. The van der Waals surface area contributed by atoms with Crippen molar-refractivity contribution in [1.82, 2.24) is 4.90 Å². The Morgan fingerprint density at radius 3 is 2.74 bits per heavy atom. The van der Waals surface area contributed by atoms with Gasteiger partial charge in [0, 0.05) is 26.2 Å². The van der Waals surface area contributed by atoms with Crippen LogP contribution in [0.25, 0.3) is 0 Å². The molecule has 3 heteroatoms. The van der Waals surface area contributed by atoms with Crippen LogP contribution in [-0.2, 0) is 0 Å². The largest absolute Gasteiger partial charge is 0.496 e. The second-order valence-electron chi connectivity index (χ2n) is 4.79. The lowest BCUT2D eigenvalue weighted by Crippen LogP contribution is -2.12. The minimum absolute atomic E-state index is 0.107. The quantitative estimate of drug-likeness (QED) is 0.759. The third kappa shape index (κ3) is 2.87. The van der Waals surface area contributed by atoms with Gasteiger partial charge in [0.15, 0.2) is 5.78 Å². The summed E-state index contributed by atoms with van der Waals surface area (Å²) in [5.74, 6) is 0.751. The first-order valence-corrected chi connectivity index (χ1v) is 6.35. The van der Waals surface area contributed by atoms with Gasteiger partial charge in [-0.2, -0.15) is 0 Å². The molecular weight excluding hydrogens is 238 g/mol. The van der Waals surface area contributed by atoms with E-state index in [2.05, 4.69) is 12.2 Å². The van der Waals surface area contributed by atoms with Crippen LogP contribution in [0.2, 0.25) is 0 Å². The zero-order valence-electron chi connectivity index (χ0n) is 11.6. The number of hydrogen-bond acceptors (Lipinski definition) is 3. The standard InChI is InChI=1S/C16H19NO2/c1-17(2)14-9-6-7-12(14)11-15(18)13-8-4-5-10-16(13)19-3/h4-6,8-10H,7,11H2,1-3H3. The molecular formula is C16H19NO2. The molecule has 0 atom stereocenters. The number of rotatable bonds is 5. The van der Waals surface area contributed by atoms with Crippen molar-refractivity contribution in [3.63, 3.8) is 0 Å². The Bertz CT molecular complexity index is 541. The van der Waals surface area contributed by atoms with E-state index in [1.54, 1.807) is 7.11 Å². The van der Waals surface area contributed by atoms with Crippen LogP contribution < -0.4 is 4.74 Å². The zero-order chi connectivity index (χ0) is 13.8. The highest BCUT2D eigenvalue weighted by Gasteiger charge is 2.17. The SMILES string of the molecule is COc1ccccc1C(=O)CC1=C(N(C)C)C=CC1. The Kier molecular flexibility index (Phi) is 4.05. The van der Waals surface area contributed by atoms with Gasteiger partial charge < -0.3 is 9.64 Å². The highest BCUT2D eigenvalue weighted by atomic mass is 16.5. The molecule has 0 heterocycles. The van der Waals surface area contributed by atoms with Crippen molar-refractivity contribution in [2.24, 2.45) is 0 Å². The maximum absolute atomic E-state index is 12.4. The van der Waals surface area contributed by atoms with Crippen LogP contribution in [0.1, 0.15) is 23.2 Å². The summed E-state index contributed by atoms with van der Waals surface area (Å²) >= 11 is 0. The number of hydrogen-bond donors (Lipinski definition) is 0. The third-order valence-electron chi connectivity index (χ3n) is 3.27. The van der Waals surface area contributed by atoms with Gasteiger partial charge in [0.1, 0.15) is 5.75 Å². The number of Topliss-reactive ketones (excluding diaryl/α,β-unsaturated/α-hetero) is 1. The highest BCUT2D eigenvalue weighted by molar-refractivity contribution is 6.00. The minimum atomic E-state index is 0.107. The molecule has 0 unspecified atom stereocenters. The maximum Gasteiger partial charge on any atom is 0.170 e. The summed E-state index contributed by atoms with van der Waals surface area (Å²) in [5.41, 5.74) is 2.96. The summed E-state index contributed by atoms with van der Waals surface area (Å²) in [6.07, 6.45) is 5.47. The normalized spacial score (nSPS) is 13.8. The first kappa shape index (κ1) is 13.4. The summed E-state index contributed by atoms with van der Waals surface area (Å²) in [6, 6.07) is 7.38. The van der Waals surface area contributed by atoms with Crippen molar-refractivity contribution in [3.8, 4) is 5.75 Å². The topological polar surface area (TPSA) is 29.5 Å². The molecule has 0 fully saturated rings. The Morgan fingerprint density at radius 2 is 2.05 bits per heavy atom. The van der Waals surface area contributed by atoms with E-state index in [-0.39, 0.29) is 5.78 Å². The third-order valence-corrected chi connectivity index (χ3v) is 3.27. The van der Waals surface area contributed by atoms with Crippen LogP contribution in [0, 0.1) is 0 Å². The summed E-state index contributed by atoms with van der Waals surface area (Å²) in [7, 11) is 5.59. The van der Waals surface area contributed by atoms with Crippen LogP contribution in [0.15, 0.2) is 47.7 Å². The lowest BCUT2D eigenvalue weighted by atomic mass is 10.0. The fourth-order valence-electron chi connectivity index (χ4n) is 2.33. The summed E-state index contributed by atoms with van der Waals surface area (Å²) < 4.78 is 5.24. The zero-order valence-corrected chi connectivity index (χ0v) is 11.6. The molecule has 0 aromatic heterocycles. The van der Waals surface area contributed by atoms with Gasteiger partial charge in [0.05, 0.1) is 12.7 Å². The number of methoxy groups -OCH3 is 1. The first-order chi connectivity index (χ1) is 9.13. The summed E-state index contributed by atoms with van der Waals surface area (Å²) in [5, 5.41) is 0. The van der Waals surface area contributed by atoms with Gasteiger partial charge in [-0.25, -0.2) is 0 Å². The summed E-state index contributed by atoms with van der Waals surface area (Å²) in [6.45, 7) is 0. The molecule has 0 spiro atoms. The van der Waals surface area contributed by atoms with E-state index in [0.717, 1.165) is 12.1 Å². The van der Waals surface area contributed by atoms with Crippen LogP contribution >= 0.6 is 0 Å². The van der Waals surface area contributed by atoms with Crippen LogP contribution in [0.3, 0.4) is 0 Å². The van der Waals surface area contributed by atoms with E-state index in [1.807, 2.05) is 43.3 Å². The fraction of sp³-hybridized carbons (Fsp3) is 0.312. The Balaban J connectivity index is 2.20. The van der Waals surface area contributed by atoms with Crippen molar-refractivity contribution in [3.05, 3.63) is 53.3 Å². The summed E-state index contributed by atoms with van der Waals surface area (Å²) in [4.78, 5) is 14.4. The minimum Gasteiger partial charge on any atom is -0.496 e. The average molecular weight is 257 g/mol. The average Bonchev–Trinajstić information content (AvgIpc) is 2.87. The smallest absolute Gasteiger partial charge is 0.170 e. The molecule has 0 saturated carbocycles. The predicted octanol–water partition coefficient (Wildman–Crippen LogP) is 3.04. The van der Waals surface area contributed by atoms with Crippen LogP contribution in [0.5, 0.6) is 5.75 Å². The molecule has 19 heavy (non-hydrogen) atoms. The number of para-hydroxylation sites is 1. The number of nitrogens with zero attached hydrogens (tertiary/aromatic N) is 1. The number of ketones is 1. The van der Waals surface area contributed by atoms with E-state index in [9.17, 15) is 4.79 Å². The highest BCUT2D eigenvalue weighted by Crippen LogP contribution is 2.27. The van der Waals surface area contributed by atoms with Gasteiger partial charge in [-0.3, -0.25) is 4.79 Å². The molecule has 0 bridgehead atoms. The lowest BCUT2D eigenvalue weighted by Gasteiger charge is -2.15. The number of benzene rings is 1. The molecule has 0 amide bonds. The molecule has 3 nitrogen and oxygen atoms in total. The Hall–Kier alpha value is -2.03. The molecule has 1 aromatic carbocycles. The number of ether oxygens (including phenoxy) is 1. The molecule has 1 aliphatic rings. The van der Waals surface area contributed by atoms with E-state index in [4.69, 9.17) is 4.74 Å². The van der Waals surface area contributed by atoms with Gasteiger partial charge >= 0.3 is 0 Å². The van der Waals surface area contributed by atoms with Crippen LogP contribution in [-0.4, -0.2) is 31.9 Å². The van der Waals surface area contributed by atoms with Crippen molar-refractivity contribution in [2.75, 3.05) is 21.2 Å². The number of allylic oxidation sites excluding steroid dienone is 3.